The van der Waals surface area contributed by atoms with Crippen LogP contribution in [-0.4, -0.2) is 11.9 Å². The summed E-state index contributed by atoms with van der Waals surface area (Å²) in [6.07, 6.45) is 7.00. The molecule has 0 heterocycles. The van der Waals surface area contributed by atoms with Crippen molar-refractivity contribution in [3.05, 3.63) is 12.2 Å². The molecule has 2 heteroatoms. The zero-order valence-corrected chi connectivity index (χ0v) is 6.71. The van der Waals surface area contributed by atoms with Crippen LogP contribution < -0.4 is 5.32 Å². The minimum Gasteiger partial charge on any atom is -0.352 e. The third-order valence-corrected chi connectivity index (χ3v) is 2.73. The number of rotatable bonds is 1. The fraction of sp³-hybridized carbons (Fsp3) is 0.667. The first-order valence-corrected chi connectivity index (χ1v) is 4.23. The predicted octanol–water partition coefficient (Wildman–Crippen LogP) is 1.09. The highest BCUT2D eigenvalue weighted by atomic mass is 16.1. The molecule has 11 heavy (non-hydrogen) atoms. The third kappa shape index (κ3) is 1.06. The van der Waals surface area contributed by atoms with Crippen molar-refractivity contribution in [1.29, 1.82) is 0 Å². The van der Waals surface area contributed by atoms with E-state index in [4.69, 9.17) is 0 Å². The summed E-state index contributed by atoms with van der Waals surface area (Å²) in [5.74, 6) is 1.36. The Morgan fingerprint density at radius 1 is 1.36 bits per heavy atom. The molecule has 2 aliphatic carbocycles. The van der Waals surface area contributed by atoms with Crippen LogP contribution >= 0.6 is 0 Å². The topological polar surface area (TPSA) is 29.1 Å². The molecule has 0 spiro atoms. The highest BCUT2D eigenvalue weighted by molar-refractivity contribution is 5.73. The highest BCUT2D eigenvalue weighted by Crippen LogP contribution is 2.38. The van der Waals surface area contributed by atoms with Crippen LogP contribution in [0.2, 0.25) is 0 Å². The molecule has 60 valence electrons. The van der Waals surface area contributed by atoms with Gasteiger partial charge in [0, 0.05) is 13.0 Å². The smallest absolute Gasteiger partial charge is 0.217 e. The molecule has 0 aromatic carbocycles. The van der Waals surface area contributed by atoms with Crippen LogP contribution in [0.1, 0.15) is 19.8 Å². The molecule has 2 atom stereocenters. The Morgan fingerprint density at radius 3 is 2.27 bits per heavy atom. The van der Waals surface area contributed by atoms with E-state index in [1.807, 2.05) is 0 Å². The Labute approximate surface area is 66.7 Å². The third-order valence-electron chi connectivity index (χ3n) is 2.73. The van der Waals surface area contributed by atoms with Crippen molar-refractivity contribution in [2.75, 3.05) is 0 Å². The molecule has 2 aliphatic rings. The highest BCUT2D eigenvalue weighted by Gasteiger charge is 2.37. The Kier molecular flexibility index (Phi) is 1.48. The second-order valence-electron chi connectivity index (χ2n) is 3.52. The zero-order valence-electron chi connectivity index (χ0n) is 6.71. The van der Waals surface area contributed by atoms with Crippen molar-refractivity contribution < 1.29 is 4.79 Å². The second-order valence-corrected chi connectivity index (χ2v) is 3.52. The summed E-state index contributed by atoms with van der Waals surface area (Å²) in [4.78, 5) is 10.8. The average molecular weight is 151 g/mol. The van der Waals surface area contributed by atoms with E-state index in [2.05, 4.69) is 17.5 Å². The van der Waals surface area contributed by atoms with E-state index in [-0.39, 0.29) is 5.91 Å². The van der Waals surface area contributed by atoms with Crippen LogP contribution in [0.4, 0.5) is 0 Å². The maximum Gasteiger partial charge on any atom is 0.217 e. The van der Waals surface area contributed by atoms with E-state index in [1.54, 1.807) is 6.92 Å². The number of hydrogen-bond acceptors (Lipinski definition) is 1. The van der Waals surface area contributed by atoms with Crippen LogP contribution in [-0.2, 0) is 4.79 Å². The first kappa shape index (κ1) is 6.89. The zero-order chi connectivity index (χ0) is 7.84. The molecule has 2 nitrogen and oxygen atoms in total. The molecular formula is C9H13NO. The summed E-state index contributed by atoms with van der Waals surface area (Å²) < 4.78 is 0. The number of nitrogens with one attached hydrogen (secondary N) is 1. The SMILES string of the molecule is CC(=O)NC1C2C=CC1CC2. The molecular weight excluding hydrogens is 138 g/mol. The number of carbonyl (C=O) groups is 1. The summed E-state index contributed by atoms with van der Waals surface area (Å²) in [5.41, 5.74) is 0. The van der Waals surface area contributed by atoms with Crippen LogP contribution in [0.25, 0.3) is 0 Å². The van der Waals surface area contributed by atoms with Gasteiger partial charge in [-0.25, -0.2) is 0 Å². The van der Waals surface area contributed by atoms with Gasteiger partial charge in [-0.1, -0.05) is 12.2 Å². The summed E-state index contributed by atoms with van der Waals surface area (Å²) in [7, 11) is 0. The lowest BCUT2D eigenvalue weighted by molar-refractivity contribution is -0.119. The first-order valence-electron chi connectivity index (χ1n) is 4.23. The molecule has 2 rings (SSSR count). The fourth-order valence-corrected chi connectivity index (χ4v) is 2.23. The van der Waals surface area contributed by atoms with Crippen molar-refractivity contribution in [1.82, 2.24) is 5.32 Å². The maximum absolute atomic E-state index is 10.8. The molecule has 1 fully saturated rings. The van der Waals surface area contributed by atoms with Crippen molar-refractivity contribution in [2.24, 2.45) is 11.8 Å². The Bertz CT molecular complexity index is 196. The van der Waals surface area contributed by atoms with Gasteiger partial charge in [-0.2, -0.15) is 0 Å². The molecule has 0 aliphatic heterocycles. The minimum atomic E-state index is 0.107. The first-order chi connectivity index (χ1) is 5.27. The average Bonchev–Trinajstić information content (AvgIpc) is 2.48. The van der Waals surface area contributed by atoms with Gasteiger partial charge in [0.05, 0.1) is 0 Å². The van der Waals surface area contributed by atoms with E-state index in [0.717, 1.165) is 0 Å². The molecule has 2 bridgehead atoms. The van der Waals surface area contributed by atoms with E-state index in [0.29, 0.717) is 17.9 Å². The van der Waals surface area contributed by atoms with Gasteiger partial charge in [0.1, 0.15) is 0 Å². The van der Waals surface area contributed by atoms with Crippen molar-refractivity contribution in [3.8, 4) is 0 Å². The quantitative estimate of drug-likeness (QED) is 0.558. The fourth-order valence-electron chi connectivity index (χ4n) is 2.23. The standard InChI is InChI=1S/C9H13NO/c1-6(11)10-9-7-2-3-8(9)5-4-7/h2-3,7-9H,4-5H2,1H3,(H,10,11). The number of carbonyl (C=O) groups excluding carboxylic acids is 1. The maximum atomic E-state index is 10.8. The Balaban J connectivity index is 2.02. The second kappa shape index (κ2) is 2.36. The van der Waals surface area contributed by atoms with Gasteiger partial charge in [-0.05, 0) is 24.7 Å². The summed E-state index contributed by atoms with van der Waals surface area (Å²) in [6.45, 7) is 1.60. The van der Waals surface area contributed by atoms with Gasteiger partial charge in [0.25, 0.3) is 0 Å². The van der Waals surface area contributed by atoms with Crippen LogP contribution in [0.3, 0.4) is 0 Å². The number of hydrogen-bond donors (Lipinski definition) is 1. The van der Waals surface area contributed by atoms with E-state index in [1.165, 1.54) is 12.8 Å². The number of amides is 1. The normalized spacial score (nSPS) is 39.5. The molecule has 1 N–H and O–H groups in total. The van der Waals surface area contributed by atoms with Gasteiger partial charge in [0.2, 0.25) is 5.91 Å². The Morgan fingerprint density at radius 2 is 1.91 bits per heavy atom. The van der Waals surface area contributed by atoms with Gasteiger partial charge in [-0.3, -0.25) is 4.79 Å². The lowest BCUT2D eigenvalue weighted by Crippen LogP contribution is -2.36. The molecule has 0 aromatic heterocycles. The monoisotopic (exact) mass is 151 g/mol. The minimum absolute atomic E-state index is 0.107. The van der Waals surface area contributed by atoms with Crippen LogP contribution in [0.5, 0.6) is 0 Å². The lowest BCUT2D eigenvalue weighted by atomic mass is 10.1. The molecule has 0 radical (unpaired) electrons. The van der Waals surface area contributed by atoms with Crippen LogP contribution in [0.15, 0.2) is 12.2 Å². The van der Waals surface area contributed by atoms with Gasteiger partial charge in [-0.15, -0.1) is 0 Å². The van der Waals surface area contributed by atoms with E-state index in [9.17, 15) is 4.79 Å². The van der Waals surface area contributed by atoms with Crippen molar-refractivity contribution in [3.63, 3.8) is 0 Å². The van der Waals surface area contributed by atoms with Crippen molar-refractivity contribution >= 4 is 5.91 Å². The largest absolute Gasteiger partial charge is 0.352 e. The van der Waals surface area contributed by atoms with Gasteiger partial charge in [0.15, 0.2) is 0 Å². The van der Waals surface area contributed by atoms with E-state index < -0.39 is 0 Å². The molecule has 1 amide bonds. The van der Waals surface area contributed by atoms with E-state index >= 15 is 0 Å². The molecule has 0 saturated heterocycles. The predicted molar refractivity (Wildman–Crippen MR) is 43.0 cm³/mol. The lowest BCUT2D eigenvalue weighted by Gasteiger charge is -2.15. The summed E-state index contributed by atoms with van der Waals surface area (Å²) >= 11 is 0. The molecule has 2 unspecified atom stereocenters. The van der Waals surface area contributed by atoms with Gasteiger partial charge >= 0.3 is 0 Å². The van der Waals surface area contributed by atoms with Gasteiger partial charge < -0.3 is 5.32 Å². The van der Waals surface area contributed by atoms with Crippen molar-refractivity contribution in [2.45, 2.75) is 25.8 Å². The summed E-state index contributed by atoms with van der Waals surface area (Å²) in [5, 5.41) is 3.00. The number of fused-ring (bicyclic) bond motifs is 2. The van der Waals surface area contributed by atoms with Crippen LogP contribution in [0, 0.1) is 11.8 Å². The Hall–Kier alpha value is -0.790. The molecule has 1 saturated carbocycles. The summed E-state index contributed by atoms with van der Waals surface area (Å²) in [6, 6.07) is 0.424. The molecule has 0 aromatic rings.